The number of amides is 1. The second kappa shape index (κ2) is 6.05. The Kier molecular flexibility index (Phi) is 3.55. The van der Waals surface area contributed by atoms with E-state index in [2.05, 4.69) is 21.1 Å². The van der Waals surface area contributed by atoms with Gasteiger partial charge in [0.2, 0.25) is 0 Å². The molecule has 2 aliphatic rings. The largest absolute Gasteiger partial charge is 0.305 e. The predicted molar refractivity (Wildman–Crippen MR) is 97.1 cm³/mol. The van der Waals surface area contributed by atoms with Gasteiger partial charge in [-0.2, -0.15) is 5.10 Å². The Morgan fingerprint density at radius 2 is 1.96 bits per heavy atom. The quantitative estimate of drug-likeness (QED) is 0.732. The van der Waals surface area contributed by atoms with Crippen LogP contribution >= 0.6 is 0 Å². The third-order valence-electron chi connectivity index (χ3n) is 5.11. The number of carbonyl (C=O) groups excluding carboxylic acids is 1. The summed E-state index contributed by atoms with van der Waals surface area (Å²) in [6.45, 7) is 0.584. The zero-order valence-electron chi connectivity index (χ0n) is 14.3. The molecule has 1 aliphatic heterocycles. The molecule has 0 radical (unpaired) electrons. The smallest absolute Gasteiger partial charge is 0.277 e. The Hall–Kier alpha value is -3.02. The maximum absolute atomic E-state index is 13.3. The molecule has 130 valence electrons. The number of carbonyl (C=O) groups is 1. The monoisotopic (exact) mass is 345 g/mol. The molecule has 2 aromatic heterocycles. The van der Waals surface area contributed by atoms with E-state index in [1.54, 1.807) is 18.5 Å². The van der Waals surface area contributed by atoms with Crippen LogP contribution in [0.5, 0.6) is 0 Å². The number of fused-ring (bicyclic) bond motifs is 1. The Bertz CT molecular complexity index is 948. The summed E-state index contributed by atoms with van der Waals surface area (Å²) < 4.78 is 1.94. The summed E-state index contributed by atoms with van der Waals surface area (Å²) in [5, 5.41) is 4.38. The lowest BCUT2D eigenvalue weighted by molar-refractivity contribution is 0.0974. The minimum absolute atomic E-state index is 0.0707. The van der Waals surface area contributed by atoms with Crippen LogP contribution in [-0.4, -0.2) is 32.2 Å². The van der Waals surface area contributed by atoms with Gasteiger partial charge in [-0.1, -0.05) is 18.2 Å². The van der Waals surface area contributed by atoms with Crippen molar-refractivity contribution < 1.29 is 4.79 Å². The van der Waals surface area contributed by atoms with Crippen molar-refractivity contribution in [2.75, 3.05) is 11.4 Å². The van der Waals surface area contributed by atoms with Gasteiger partial charge in [-0.25, -0.2) is 9.97 Å². The van der Waals surface area contributed by atoms with Gasteiger partial charge in [0.05, 0.1) is 6.04 Å². The van der Waals surface area contributed by atoms with Gasteiger partial charge in [-0.05, 0) is 43.0 Å². The van der Waals surface area contributed by atoms with Gasteiger partial charge in [0.15, 0.2) is 0 Å². The van der Waals surface area contributed by atoms with Crippen molar-refractivity contribution in [1.29, 1.82) is 0 Å². The van der Waals surface area contributed by atoms with E-state index in [4.69, 9.17) is 0 Å². The van der Waals surface area contributed by atoms with Crippen molar-refractivity contribution in [3.8, 4) is 0 Å². The van der Waals surface area contributed by atoms with Gasteiger partial charge in [0.1, 0.15) is 11.5 Å². The topological polar surface area (TPSA) is 63.9 Å². The number of benzene rings is 1. The molecular weight excluding hydrogens is 326 g/mol. The first-order chi connectivity index (χ1) is 12.8. The van der Waals surface area contributed by atoms with Crippen LogP contribution in [0.2, 0.25) is 0 Å². The third-order valence-corrected chi connectivity index (χ3v) is 5.11. The molecule has 3 aromatic rings. The lowest BCUT2D eigenvalue weighted by Gasteiger charge is -2.34. The van der Waals surface area contributed by atoms with E-state index in [0.717, 1.165) is 36.3 Å². The summed E-state index contributed by atoms with van der Waals surface area (Å²) in [5.74, 6) is 1.15. The normalized spacial score (nSPS) is 19.2. The minimum Gasteiger partial charge on any atom is -0.305 e. The van der Waals surface area contributed by atoms with E-state index >= 15 is 0 Å². The SMILES string of the molecule is O=C(c1ccnc(C2CC2)n1)N1CC(n2cccn2)Cc2ccccc21. The second-order valence-electron chi connectivity index (χ2n) is 6.96. The predicted octanol–water partition coefficient (Wildman–Crippen LogP) is 2.99. The fraction of sp³-hybridized carbons (Fsp3) is 0.300. The number of nitrogens with zero attached hydrogens (tertiary/aromatic N) is 5. The summed E-state index contributed by atoms with van der Waals surface area (Å²) >= 11 is 0. The molecule has 26 heavy (non-hydrogen) atoms. The van der Waals surface area contributed by atoms with Gasteiger partial charge in [0, 0.05) is 36.7 Å². The summed E-state index contributed by atoms with van der Waals surface area (Å²) in [5.41, 5.74) is 2.59. The van der Waals surface area contributed by atoms with Crippen molar-refractivity contribution in [2.45, 2.75) is 31.2 Å². The summed E-state index contributed by atoms with van der Waals surface area (Å²) in [6.07, 6.45) is 8.53. The number of anilines is 1. The Balaban J connectivity index is 1.51. The first kappa shape index (κ1) is 15.3. The van der Waals surface area contributed by atoms with Gasteiger partial charge in [0.25, 0.3) is 5.91 Å². The highest BCUT2D eigenvalue weighted by Gasteiger charge is 2.32. The maximum atomic E-state index is 13.3. The molecule has 6 heteroatoms. The molecule has 1 unspecified atom stereocenters. The van der Waals surface area contributed by atoms with Crippen molar-refractivity contribution in [2.24, 2.45) is 0 Å². The number of hydrogen-bond acceptors (Lipinski definition) is 4. The lowest BCUT2D eigenvalue weighted by atomic mass is 9.97. The van der Waals surface area contributed by atoms with E-state index in [1.807, 2.05) is 40.0 Å². The Labute approximate surface area is 151 Å². The summed E-state index contributed by atoms with van der Waals surface area (Å²) in [4.78, 5) is 24.0. The Morgan fingerprint density at radius 1 is 1.08 bits per heavy atom. The highest BCUT2D eigenvalue weighted by Crippen LogP contribution is 2.38. The van der Waals surface area contributed by atoms with Crippen LogP contribution in [0.3, 0.4) is 0 Å². The molecule has 1 saturated carbocycles. The van der Waals surface area contributed by atoms with Crippen LogP contribution in [0, 0.1) is 0 Å². The Morgan fingerprint density at radius 3 is 2.77 bits per heavy atom. The van der Waals surface area contributed by atoms with E-state index in [0.29, 0.717) is 18.2 Å². The first-order valence-corrected chi connectivity index (χ1v) is 9.01. The average Bonchev–Trinajstić information content (AvgIpc) is 3.41. The van der Waals surface area contributed by atoms with E-state index in [-0.39, 0.29) is 11.9 Å². The van der Waals surface area contributed by atoms with Gasteiger partial charge in [-0.15, -0.1) is 0 Å². The number of aromatic nitrogens is 4. The molecule has 3 heterocycles. The van der Waals surface area contributed by atoms with Gasteiger partial charge >= 0.3 is 0 Å². The summed E-state index contributed by atoms with van der Waals surface area (Å²) in [6, 6.07) is 11.8. The van der Waals surface area contributed by atoms with Crippen molar-refractivity contribution in [3.63, 3.8) is 0 Å². The first-order valence-electron chi connectivity index (χ1n) is 9.01. The van der Waals surface area contributed by atoms with Crippen LogP contribution in [0.15, 0.2) is 55.0 Å². The average molecular weight is 345 g/mol. The maximum Gasteiger partial charge on any atom is 0.277 e. The van der Waals surface area contributed by atoms with Crippen molar-refractivity contribution >= 4 is 11.6 Å². The standard InChI is InChI=1S/C20H19N5O/c26-20(17-8-10-21-19(23-17)14-6-7-14)24-13-16(25-11-3-9-22-25)12-15-4-1-2-5-18(15)24/h1-5,8-11,14,16H,6-7,12-13H2. The molecule has 0 spiro atoms. The van der Waals surface area contributed by atoms with Crippen molar-refractivity contribution in [1.82, 2.24) is 19.7 Å². The molecule has 0 bridgehead atoms. The minimum atomic E-state index is -0.0707. The molecule has 1 atom stereocenters. The molecule has 0 N–H and O–H groups in total. The molecule has 1 amide bonds. The molecule has 1 aliphatic carbocycles. The third kappa shape index (κ3) is 2.67. The highest BCUT2D eigenvalue weighted by molar-refractivity contribution is 6.05. The van der Waals surface area contributed by atoms with E-state index < -0.39 is 0 Å². The number of para-hydroxylation sites is 1. The molecule has 6 nitrogen and oxygen atoms in total. The van der Waals surface area contributed by atoms with Crippen molar-refractivity contribution in [3.05, 3.63) is 72.1 Å². The number of rotatable bonds is 3. The van der Waals surface area contributed by atoms with E-state index in [9.17, 15) is 4.79 Å². The molecule has 0 saturated heterocycles. The van der Waals surface area contributed by atoms with Gasteiger partial charge < -0.3 is 4.90 Å². The molecule has 5 rings (SSSR count). The fourth-order valence-electron chi connectivity index (χ4n) is 3.61. The molecular formula is C20H19N5O. The van der Waals surface area contributed by atoms with Crippen LogP contribution in [-0.2, 0) is 6.42 Å². The highest BCUT2D eigenvalue weighted by atomic mass is 16.2. The molecule has 1 aromatic carbocycles. The van der Waals surface area contributed by atoms with Crippen LogP contribution in [0.1, 0.15) is 46.7 Å². The van der Waals surface area contributed by atoms with Gasteiger partial charge in [-0.3, -0.25) is 9.48 Å². The van der Waals surface area contributed by atoms with E-state index in [1.165, 1.54) is 0 Å². The van der Waals surface area contributed by atoms with Crippen LogP contribution in [0.4, 0.5) is 5.69 Å². The zero-order valence-corrected chi connectivity index (χ0v) is 14.3. The lowest BCUT2D eigenvalue weighted by Crippen LogP contribution is -2.41. The summed E-state index contributed by atoms with van der Waals surface area (Å²) in [7, 11) is 0. The fourth-order valence-corrected chi connectivity index (χ4v) is 3.61. The zero-order chi connectivity index (χ0) is 17.5. The number of hydrogen-bond donors (Lipinski definition) is 0. The van der Waals surface area contributed by atoms with Crippen LogP contribution < -0.4 is 4.90 Å². The molecule has 1 fully saturated rings. The second-order valence-corrected chi connectivity index (χ2v) is 6.96. The van der Waals surface area contributed by atoms with Crippen LogP contribution in [0.25, 0.3) is 0 Å².